The van der Waals surface area contributed by atoms with Crippen LogP contribution in [-0.2, 0) is 15.3 Å². The van der Waals surface area contributed by atoms with Gasteiger partial charge in [-0.25, -0.2) is 4.39 Å². The van der Waals surface area contributed by atoms with Crippen molar-refractivity contribution in [3.05, 3.63) is 53.7 Å². The predicted octanol–water partition coefficient (Wildman–Crippen LogP) is 3.63. The number of ether oxygens (including phenoxy) is 2. The summed E-state index contributed by atoms with van der Waals surface area (Å²) in [7, 11) is 0. The van der Waals surface area contributed by atoms with Gasteiger partial charge in [0.05, 0.1) is 5.56 Å². The molecule has 1 aromatic rings. The van der Waals surface area contributed by atoms with Crippen LogP contribution in [0.25, 0.3) is 5.57 Å². The van der Waals surface area contributed by atoms with E-state index in [2.05, 4.69) is 17.9 Å². The quantitative estimate of drug-likeness (QED) is 0.848. The van der Waals surface area contributed by atoms with Gasteiger partial charge < -0.3 is 9.47 Å². The summed E-state index contributed by atoms with van der Waals surface area (Å²) in [6, 6.07) is 5.41. The zero-order valence-electron chi connectivity index (χ0n) is 12.4. The van der Waals surface area contributed by atoms with Gasteiger partial charge in [0.15, 0.2) is 0 Å². The molecule has 0 saturated carbocycles. The van der Waals surface area contributed by atoms with E-state index in [9.17, 15) is 4.39 Å². The maximum atomic E-state index is 14.9. The van der Waals surface area contributed by atoms with Gasteiger partial charge in [0, 0.05) is 25.6 Å². The van der Waals surface area contributed by atoms with E-state index in [1.165, 1.54) is 12.5 Å². The largest absolute Gasteiger partial charge is 0.453 e. The summed E-state index contributed by atoms with van der Waals surface area (Å²) in [6.45, 7) is 6.74. The number of likely N-dealkylation sites (N-methyl/N-ethyl adjacent to an activating group) is 1. The molecule has 1 aromatic carbocycles. The molecular formula is C17H20FNO2. The predicted molar refractivity (Wildman–Crippen MR) is 79.8 cm³/mol. The van der Waals surface area contributed by atoms with Crippen molar-refractivity contribution in [2.45, 2.75) is 26.1 Å². The molecule has 2 aliphatic heterocycles. The van der Waals surface area contributed by atoms with Crippen LogP contribution in [0.2, 0.25) is 0 Å². The van der Waals surface area contributed by atoms with E-state index < -0.39 is 5.79 Å². The molecular weight excluding hydrogens is 269 g/mol. The Bertz CT molecular complexity index is 586. The Hall–Kier alpha value is -1.81. The first-order chi connectivity index (χ1) is 10.1. The monoisotopic (exact) mass is 289 g/mol. The summed E-state index contributed by atoms with van der Waals surface area (Å²) in [5.74, 6) is -1.31. The van der Waals surface area contributed by atoms with Crippen LogP contribution in [0.15, 0.2) is 36.8 Å². The van der Waals surface area contributed by atoms with E-state index in [-0.39, 0.29) is 5.82 Å². The van der Waals surface area contributed by atoms with Gasteiger partial charge in [0.2, 0.25) is 0 Å². The normalized spacial score (nSPS) is 20.8. The van der Waals surface area contributed by atoms with Crippen molar-refractivity contribution in [3.8, 4) is 0 Å². The molecule has 0 bridgehead atoms. The molecule has 0 N–H and O–H groups in total. The Labute approximate surface area is 124 Å². The molecule has 3 nitrogen and oxygen atoms in total. The van der Waals surface area contributed by atoms with Crippen molar-refractivity contribution >= 4 is 5.57 Å². The maximum Gasteiger partial charge on any atom is 0.276 e. The van der Waals surface area contributed by atoms with E-state index in [1.54, 1.807) is 13.0 Å². The number of hydrogen-bond donors (Lipinski definition) is 0. The lowest BCUT2D eigenvalue weighted by Crippen LogP contribution is -2.28. The lowest BCUT2D eigenvalue weighted by Gasteiger charge is -2.27. The zero-order chi connectivity index (χ0) is 14.9. The second-order valence-corrected chi connectivity index (χ2v) is 5.49. The first-order valence-corrected chi connectivity index (χ1v) is 7.35. The van der Waals surface area contributed by atoms with Gasteiger partial charge in [-0.15, -0.1) is 0 Å². The fraction of sp³-hybridized carbons (Fsp3) is 0.412. The molecule has 2 aliphatic rings. The smallest absolute Gasteiger partial charge is 0.276 e. The van der Waals surface area contributed by atoms with E-state index in [1.807, 2.05) is 12.1 Å². The molecule has 0 spiro atoms. The van der Waals surface area contributed by atoms with Gasteiger partial charge in [-0.1, -0.05) is 25.1 Å². The lowest BCUT2D eigenvalue weighted by molar-refractivity contribution is -0.135. The molecule has 0 aliphatic carbocycles. The summed E-state index contributed by atoms with van der Waals surface area (Å²) in [5.41, 5.74) is 2.15. The molecule has 0 saturated heterocycles. The molecule has 0 fully saturated rings. The third-order valence-corrected chi connectivity index (χ3v) is 4.22. The van der Waals surface area contributed by atoms with E-state index in [0.29, 0.717) is 11.1 Å². The average molecular weight is 289 g/mol. The highest BCUT2D eigenvalue weighted by molar-refractivity contribution is 5.68. The Morgan fingerprint density at radius 1 is 1.29 bits per heavy atom. The van der Waals surface area contributed by atoms with Crippen LogP contribution in [0.4, 0.5) is 4.39 Å². The van der Waals surface area contributed by atoms with Gasteiger partial charge in [0.1, 0.15) is 18.3 Å². The van der Waals surface area contributed by atoms with Gasteiger partial charge in [-0.05, 0) is 24.6 Å². The molecule has 4 heteroatoms. The van der Waals surface area contributed by atoms with Crippen LogP contribution in [-0.4, -0.2) is 24.5 Å². The number of rotatable bonds is 3. The summed E-state index contributed by atoms with van der Waals surface area (Å²) >= 11 is 0. The summed E-state index contributed by atoms with van der Waals surface area (Å²) in [5, 5.41) is 0. The van der Waals surface area contributed by atoms with Crippen molar-refractivity contribution in [2.75, 3.05) is 19.6 Å². The van der Waals surface area contributed by atoms with Crippen LogP contribution in [0.3, 0.4) is 0 Å². The van der Waals surface area contributed by atoms with Gasteiger partial charge in [-0.2, -0.15) is 0 Å². The third-order valence-electron chi connectivity index (χ3n) is 4.22. The van der Waals surface area contributed by atoms with E-state index in [4.69, 9.17) is 9.47 Å². The molecule has 21 heavy (non-hydrogen) atoms. The van der Waals surface area contributed by atoms with Crippen LogP contribution in [0, 0.1) is 5.82 Å². The number of benzene rings is 1. The van der Waals surface area contributed by atoms with Crippen molar-refractivity contribution < 1.29 is 13.9 Å². The molecule has 2 heterocycles. The van der Waals surface area contributed by atoms with E-state index >= 15 is 0 Å². The molecule has 0 amide bonds. The van der Waals surface area contributed by atoms with Crippen LogP contribution < -0.4 is 0 Å². The third kappa shape index (κ3) is 2.56. The second-order valence-electron chi connectivity index (χ2n) is 5.49. The molecule has 0 unspecified atom stereocenters. The minimum absolute atomic E-state index is 0.250. The first-order valence-electron chi connectivity index (χ1n) is 7.35. The van der Waals surface area contributed by atoms with Crippen molar-refractivity contribution in [1.29, 1.82) is 0 Å². The Kier molecular flexibility index (Phi) is 3.72. The molecule has 112 valence electrons. The summed E-state index contributed by atoms with van der Waals surface area (Å²) in [4.78, 5) is 2.33. The molecule has 0 aromatic heterocycles. The van der Waals surface area contributed by atoms with E-state index in [0.717, 1.165) is 31.6 Å². The second kappa shape index (κ2) is 5.53. The average Bonchev–Trinajstić information content (AvgIpc) is 2.95. The highest BCUT2D eigenvalue weighted by Crippen LogP contribution is 2.36. The van der Waals surface area contributed by atoms with Gasteiger partial charge >= 0.3 is 0 Å². The van der Waals surface area contributed by atoms with Crippen molar-refractivity contribution in [2.24, 2.45) is 0 Å². The molecule has 3 rings (SSSR count). The number of nitrogens with zero attached hydrogens (tertiary/aromatic N) is 1. The van der Waals surface area contributed by atoms with Crippen LogP contribution in [0.1, 0.15) is 31.4 Å². The maximum absolute atomic E-state index is 14.9. The van der Waals surface area contributed by atoms with Crippen LogP contribution >= 0.6 is 0 Å². The SMILES string of the molecule is CCN1CC=C(c2cccc(C3(C)OC=CO3)c2F)CC1. The molecule has 0 radical (unpaired) electrons. The fourth-order valence-electron chi connectivity index (χ4n) is 2.84. The minimum atomic E-state index is -1.06. The van der Waals surface area contributed by atoms with Gasteiger partial charge in [0.25, 0.3) is 5.79 Å². The first kappa shape index (κ1) is 14.1. The Balaban J connectivity index is 1.93. The lowest BCUT2D eigenvalue weighted by atomic mass is 9.94. The fourth-order valence-corrected chi connectivity index (χ4v) is 2.84. The van der Waals surface area contributed by atoms with Crippen molar-refractivity contribution in [1.82, 2.24) is 4.90 Å². The number of hydrogen-bond acceptors (Lipinski definition) is 3. The van der Waals surface area contributed by atoms with Crippen molar-refractivity contribution in [3.63, 3.8) is 0 Å². The number of halogens is 1. The topological polar surface area (TPSA) is 21.7 Å². The molecule has 0 atom stereocenters. The highest BCUT2D eigenvalue weighted by Gasteiger charge is 2.36. The minimum Gasteiger partial charge on any atom is -0.453 e. The van der Waals surface area contributed by atoms with Crippen LogP contribution in [0.5, 0.6) is 0 Å². The standard InChI is InChI=1S/C17H20FNO2/c1-3-19-9-7-13(8-10-19)14-5-4-6-15(16(14)18)17(2)20-11-12-21-17/h4-7,11-12H,3,8-10H2,1-2H3. The highest BCUT2D eigenvalue weighted by atomic mass is 19.1. The Morgan fingerprint density at radius 3 is 2.67 bits per heavy atom. The summed E-state index contributed by atoms with van der Waals surface area (Å²) in [6.07, 6.45) is 5.88. The zero-order valence-corrected chi connectivity index (χ0v) is 12.4. The van der Waals surface area contributed by atoms with Gasteiger partial charge in [-0.3, -0.25) is 4.90 Å². The Morgan fingerprint density at radius 2 is 2.05 bits per heavy atom. The summed E-state index contributed by atoms with van der Waals surface area (Å²) < 4.78 is 25.7.